The number of hydrogen-bond acceptors (Lipinski definition) is 6. The van der Waals surface area contributed by atoms with Gasteiger partial charge in [-0.3, -0.25) is 18.5 Å². The Morgan fingerprint density at radius 3 is 2.63 bits per heavy atom. The second-order valence-electron chi connectivity index (χ2n) is 6.81. The van der Waals surface area contributed by atoms with Crippen LogP contribution in [0.25, 0.3) is 11.2 Å². The lowest BCUT2D eigenvalue weighted by Gasteiger charge is -2.10. The van der Waals surface area contributed by atoms with Crippen molar-refractivity contribution in [3.05, 3.63) is 79.3 Å². The Labute approximate surface area is 175 Å². The first-order chi connectivity index (χ1) is 14.4. The Bertz CT molecular complexity index is 1390. The van der Waals surface area contributed by atoms with Crippen LogP contribution in [0.1, 0.15) is 17.1 Å². The number of nitrogens with zero attached hydrogens (tertiary/aromatic N) is 5. The van der Waals surface area contributed by atoms with Crippen LogP contribution in [-0.2, 0) is 20.6 Å². The first-order valence-corrected chi connectivity index (χ1v) is 9.50. The van der Waals surface area contributed by atoms with Crippen LogP contribution in [-0.4, -0.2) is 24.9 Å². The number of nitrogens with one attached hydrogen (secondary N) is 1. The summed E-state index contributed by atoms with van der Waals surface area (Å²) in [4.78, 5) is 29.7. The standard InChI is InChI=1S/C20H19ClN6O3/c1-12-8-9-14(30-12)10-22-24-19-23-17-16(18(28)26(3)20(29)25(17)2)27(19)11-13-6-4-5-7-15(13)21/h4-10H,11H2,1-3H3,(H,23,24)/b22-10+. The molecule has 1 N–H and O–H groups in total. The highest BCUT2D eigenvalue weighted by Crippen LogP contribution is 2.22. The van der Waals surface area contributed by atoms with Crippen molar-refractivity contribution in [1.29, 1.82) is 0 Å². The van der Waals surface area contributed by atoms with E-state index in [2.05, 4.69) is 15.5 Å². The molecule has 0 amide bonds. The summed E-state index contributed by atoms with van der Waals surface area (Å²) in [6.07, 6.45) is 1.50. The van der Waals surface area contributed by atoms with Crippen molar-refractivity contribution in [2.45, 2.75) is 13.5 Å². The number of aromatic nitrogens is 4. The smallest absolute Gasteiger partial charge is 0.332 e. The largest absolute Gasteiger partial charge is 0.460 e. The van der Waals surface area contributed by atoms with Crippen LogP contribution in [0.5, 0.6) is 0 Å². The summed E-state index contributed by atoms with van der Waals surface area (Å²) >= 11 is 6.32. The van der Waals surface area contributed by atoms with Crippen LogP contribution in [0.15, 0.2) is 55.5 Å². The Morgan fingerprint density at radius 2 is 1.93 bits per heavy atom. The number of benzene rings is 1. The third-order valence-electron chi connectivity index (χ3n) is 4.75. The van der Waals surface area contributed by atoms with Gasteiger partial charge in [-0.05, 0) is 30.7 Å². The zero-order valence-corrected chi connectivity index (χ0v) is 17.3. The van der Waals surface area contributed by atoms with Gasteiger partial charge in [0.25, 0.3) is 5.56 Å². The molecule has 3 heterocycles. The van der Waals surface area contributed by atoms with Crippen molar-refractivity contribution in [2.24, 2.45) is 19.2 Å². The summed E-state index contributed by atoms with van der Waals surface area (Å²) in [6.45, 7) is 2.10. The van der Waals surface area contributed by atoms with E-state index in [-0.39, 0.29) is 17.7 Å². The third kappa shape index (κ3) is 3.43. The molecule has 0 aliphatic rings. The van der Waals surface area contributed by atoms with E-state index in [1.165, 1.54) is 17.8 Å². The Morgan fingerprint density at radius 1 is 1.17 bits per heavy atom. The first-order valence-electron chi connectivity index (χ1n) is 9.12. The zero-order valence-electron chi connectivity index (χ0n) is 16.6. The summed E-state index contributed by atoms with van der Waals surface area (Å²) in [5.74, 6) is 1.63. The molecule has 0 aliphatic heterocycles. The van der Waals surface area contributed by atoms with Crippen molar-refractivity contribution < 1.29 is 4.42 Å². The SMILES string of the molecule is Cc1ccc(/C=N/Nc2nc3c(c(=O)n(C)c(=O)n3C)n2Cc2ccccc2Cl)o1. The summed E-state index contributed by atoms with van der Waals surface area (Å²) in [7, 11) is 3.00. The van der Waals surface area contributed by atoms with Gasteiger partial charge in [-0.15, -0.1) is 0 Å². The fourth-order valence-electron chi connectivity index (χ4n) is 3.16. The van der Waals surface area contributed by atoms with Crippen molar-refractivity contribution in [3.63, 3.8) is 0 Å². The molecule has 0 fully saturated rings. The van der Waals surface area contributed by atoms with Gasteiger partial charge in [-0.2, -0.15) is 10.1 Å². The van der Waals surface area contributed by atoms with E-state index in [9.17, 15) is 9.59 Å². The van der Waals surface area contributed by atoms with Gasteiger partial charge in [0, 0.05) is 19.1 Å². The molecule has 0 radical (unpaired) electrons. The minimum Gasteiger partial charge on any atom is -0.460 e. The predicted molar refractivity (Wildman–Crippen MR) is 115 cm³/mol. The number of imidazole rings is 1. The molecule has 0 bridgehead atoms. The van der Waals surface area contributed by atoms with Gasteiger partial charge >= 0.3 is 5.69 Å². The molecular formula is C20H19ClN6O3. The average Bonchev–Trinajstić information content (AvgIpc) is 3.30. The van der Waals surface area contributed by atoms with Crippen molar-refractivity contribution in [1.82, 2.24) is 18.7 Å². The molecule has 10 heteroatoms. The van der Waals surface area contributed by atoms with Crippen LogP contribution in [0.4, 0.5) is 5.95 Å². The molecule has 4 rings (SSSR count). The van der Waals surface area contributed by atoms with E-state index in [4.69, 9.17) is 16.0 Å². The molecule has 4 aromatic rings. The molecule has 154 valence electrons. The molecule has 1 aromatic carbocycles. The minimum atomic E-state index is -0.462. The number of halogens is 1. The van der Waals surface area contributed by atoms with Crippen LogP contribution >= 0.6 is 11.6 Å². The molecule has 0 unspecified atom stereocenters. The van der Waals surface area contributed by atoms with E-state index in [1.54, 1.807) is 23.7 Å². The molecular weight excluding hydrogens is 408 g/mol. The van der Waals surface area contributed by atoms with Crippen LogP contribution in [0, 0.1) is 6.92 Å². The topological polar surface area (TPSA) is 99.4 Å². The number of fused-ring (bicyclic) bond motifs is 1. The number of anilines is 1. The third-order valence-corrected chi connectivity index (χ3v) is 5.12. The van der Waals surface area contributed by atoms with Gasteiger partial charge in [-0.1, -0.05) is 29.8 Å². The van der Waals surface area contributed by atoms with E-state index >= 15 is 0 Å². The average molecular weight is 427 g/mol. The number of furan rings is 1. The lowest BCUT2D eigenvalue weighted by atomic mass is 10.2. The Hall–Kier alpha value is -3.59. The van der Waals surface area contributed by atoms with E-state index in [1.807, 2.05) is 31.2 Å². The van der Waals surface area contributed by atoms with E-state index in [0.717, 1.165) is 15.9 Å². The lowest BCUT2D eigenvalue weighted by Crippen LogP contribution is -2.37. The quantitative estimate of drug-likeness (QED) is 0.390. The van der Waals surface area contributed by atoms with Gasteiger partial charge in [-0.25, -0.2) is 10.2 Å². The summed E-state index contributed by atoms with van der Waals surface area (Å²) in [6, 6.07) is 10.9. The normalized spacial score (nSPS) is 11.6. The Balaban J connectivity index is 1.85. The maximum absolute atomic E-state index is 12.9. The van der Waals surface area contributed by atoms with Gasteiger partial charge in [0.1, 0.15) is 11.5 Å². The van der Waals surface area contributed by atoms with Crippen molar-refractivity contribution >= 4 is 34.9 Å². The second kappa shape index (κ2) is 7.68. The maximum Gasteiger partial charge on any atom is 0.332 e. The zero-order chi connectivity index (χ0) is 21.4. The molecule has 0 saturated carbocycles. The van der Waals surface area contributed by atoms with E-state index < -0.39 is 11.2 Å². The van der Waals surface area contributed by atoms with Crippen molar-refractivity contribution in [2.75, 3.05) is 5.43 Å². The van der Waals surface area contributed by atoms with Gasteiger partial charge in [0.05, 0.1) is 12.8 Å². The predicted octanol–water partition coefficient (Wildman–Crippen LogP) is 2.48. The first kappa shape index (κ1) is 19.7. The summed E-state index contributed by atoms with van der Waals surface area (Å²) in [5.41, 5.74) is 3.25. The highest BCUT2D eigenvalue weighted by Gasteiger charge is 2.19. The molecule has 0 atom stereocenters. The van der Waals surface area contributed by atoms with Crippen LogP contribution in [0.3, 0.4) is 0 Å². The molecule has 0 spiro atoms. The van der Waals surface area contributed by atoms with Gasteiger partial charge in [0.2, 0.25) is 5.95 Å². The van der Waals surface area contributed by atoms with Gasteiger partial charge < -0.3 is 4.42 Å². The van der Waals surface area contributed by atoms with Crippen LogP contribution in [0.2, 0.25) is 5.02 Å². The number of aryl methyl sites for hydroxylation is 2. The molecule has 0 saturated heterocycles. The monoisotopic (exact) mass is 426 g/mol. The maximum atomic E-state index is 12.9. The highest BCUT2D eigenvalue weighted by atomic mass is 35.5. The van der Waals surface area contributed by atoms with Crippen LogP contribution < -0.4 is 16.7 Å². The highest BCUT2D eigenvalue weighted by molar-refractivity contribution is 6.31. The minimum absolute atomic E-state index is 0.252. The van der Waals surface area contributed by atoms with Gasteiger partial charge in [0.15, 0.2) is 11.2 Å². The number of hydrogen-bond donors (Lipinski definition) is 1. The fourth-order valence-corrected chi connectivity index (χ4v) is 3.35. The second-order valence-corrected chi connectivity index (χ2v) is 7.22. The lowest BCUT2D eigenvalue weighted by molar-refractivity contribution is 0.528. The van der Waals surface area contributed by atoms with E-state index in [0.29, 0.717) is 16.7 Å². The summed E-state index contributed by atoms with van der Waals surface area (Å²) in [5, 5.41) is 4.72. The Kier molecular flexibility index (Phi) is 5.04. The fraction of sp³-hybridized carbons (Fsp3) is 0.200. The molecule has 30 heavy (non-hydrogen) atoms. The molecule has 9 nitrogen and oxygen atoms in total. The molecule has 0 aliphatic carbocycles. The van der Waals surface area contributed by atoms with Crippen molar-refractivity contribution in [3.8, 4) is 0 Å². The molecule has 3 aromatic heterocycles. The summed E-state index contributed by atoms with van der Waals surface area (Å²) < 4.78 is 9.49. The number of rotatable bonds is 5. The number of hydrazone groups is 1.